The van der Waals surface area contributed by atoms with Crippen LogP contribution in [0.4, 0.5) is 5.13 Å². The van der Waals surface area contributed by atoms with Crippen molar-refractivity contribution < 1.29 is 4.79 Å². The molecule has 1 aliphatic rings. The fourth-order valence-electron chi connectivity index (χ4n) is 1.20. The number of amides is 1. The van der Waals surface area contributed by atoms with Crippen molar-refractivity contribution in [2.24, 2.45) is 0 Å². The van der Waals surface area contributed by atoms with Crippen molar-refractivity contribution in [2.45, 2.75) is 12.5 Å². The number of anilines is 1. The summed E-state index contributed by atoms with van der Waals surface area (Å²) in [6.45, 7) is 0.663. The molecule has 4 nitrogen and oxygen atoms in total. The van der Waals surface area contributed by atoms with Crippen LogP contribution < -0.4 is 10.6 Å². The smallest absolute Gasteiger partial charge is 0.222 e. The Morgan fingerprint density at radius 3 is 3.15 bits per heavy atom. The summed E-state index contributed by atoms with van der Waals surface area (Å²) in [7, 11) is 0. The fraction of sp³-hybridized carbons (Fsp3) is 0.429. The summed E-state index contributed by atoms with van der Waals surface area (Å²) in [5.41, 5.74) is 0. The zero-order valence-electron chi connectivity index (χ0n) is 6.71. The van der Waals surface area contributed by atoms with Gasteiger partial charge in [0.05, 0.1) is 12.2 Å². The van der Waals surface area contributed by atoms with Crippen molar-refractivity contribution in [1.29, 1.82) is 0 Å². The van der Waals surface area contributed by atoms with E-state index >= 15 is 0 Å². The number of hydrogen-bond donors (Lipinski definition) is 2. The molecular formula is C7H8ClN3OS. The Bertz CT molecular complexity index is 327. The minimum Gasteiger partial charge on any atom is -0.356 e. The zero-order valence-corrected chi connectivity index (χ0v) is 8.28. The van der Waals surface area contributed by atoms with Crippen molar-refractivity contribution in [1.82, 2.24) is 10.3 Å². The van der Waals surface area contributed by atoms with Gasteiger partial charge in [-0.05, 0) is 0 Å². The SMILES string of the molecule is O=C1CC(Nc2ncc(Cl)s2)CN1. The second-order valence-electron chi connectivity index (χ2n) is 2.82. The van der Waals surface area contributed by atoms with Crippen molar-refractivity contribution >= 4 is 34.0 Å². The highest BCUT2D eigenvalue weighted by Crippen LogP contribution is 2.23. The summed E-state index contributed by atoms with van der Waals surface area (Å²) in [6, 6.07) is 0.148. The molecule has 0 spiro atoms. The lowest BCUT2D eigenvalue weighted by atomic mass is 10.3. The van der Waals surface area contributed by atoms with E-state index in [-0.39, 0.29) is 11.9 Å². The van der Waals surface area contributed by atoms with Gasteiger partial charge in [0, 0.05) is 13.0 Å². The number of hydrogen-bond acceptors (Lipinski definition) is 4. The predicted molar refractivity (Wildman–Crippen MR) is 52.2 cm³/mol. The average Bonchev–Trinajstić information content (AvgIpc) is 2.62. The van der Waals surface area contributed by atoms with E-state index in [1.54, 1.807) is 6.20 Å². The molecule has 0 aliphatic carbocycles. The van der Waals surface area contributed by atoms with Crippen LogP contribution in [0.25, 0.3) is 0 Å². The Balaban J connectivity index is 1.95. The van der Waals surface area contributed by atoms with Crippen LogP contribution in [0.3, 0.4) is 0 Å². The lowest BCUT2D eigenvalue weighted by Gasteiger charge is -2.07. The van der Waals surface area contributed by atoms with Gasteiger partial charge >= 0.3 is 0 Å². The van der Waals surface area contributed by atoms with Crippen molar-refractivity contribution in [3.63, 3.8) is 0 Å². The molecule has 1 atom stereocenters. The summed E-state index contributed by atoms with van der Waals surface area (Å²) in [4.78, 5) is 14.9. The third-order valence-electron chi connectivity index (χ3n) is 1.78. The van der Waals surface area contributed by atoms with Gasteiger partial charge in [-0.25, -0.2) is 4.98 Å². The molecule has 0 radical (unpaired) electrons. The normalized spacial score (nSPS) is 21.6. The third-order valence-corrected chi connectivity index (χ3v) is 2.83. The summed E-state index contributed by atoms with van der Waals surface area (Å²) < 4.78 is 0.653. The van der Waals surface area contributed by atoms with Crippen molar-refractivity contribution in [3.8, 4) is 0 Å². The first-order chi connectivity index (χ1) is 6.24. The Hall–Kier alpha value is -0.810. The molecule has 0 bridgehead atoms. The highest BCUT2D eigenvalue weighted by molar-refractivity contribution is 7.19. The van der Waals surface area contributed by atoms with Crippen LogP contribution in [-0.2, 0) is 4.79 Å². The minimum absolute atomic E-state index is 0.0835. The van der Waals surface area contributed by atoms with Crippen LogP contribution in [-0.4, -0.2) is 23.5 Å². The van der Waals surface area contributed by atoms with Gasteiger partial charge in [-0.3, -0.25) is 4.79 Å². The molecule has 13 heavy (non-hydrogen) atoms. The van der Waals surface area contributed by atoms with Gasteiger partial charge in [0.25, 0.3) is 0 Å². The van der Waals surface area contributed by atoms with Crippen LogP contribution in [0, 0.1) is 0 Å². The van der Waals surface area contributed by atoms with Gasteiger partial charge in [-0.1, -0.05) is 22.9 Å². The molecule has 2 heterocycles. The number of rotatable bonds is 2. The maximum atomic E-state index is 10.9. The molecule has 70 valence electrons. The number of aromatic nitrogens is 1. The molecule has 1 unspecified atom stereocenters. The van der Waals surface area contributed by atoms with Crippen LogP contribution in [0.1, 0.15) is 6.42 Å². The number of carbonyl (C=O) groups excluding carboxylic acids is 1. The Labute approximate surface area is 84.3 Å². The number of halogens is 1. The molecule has 1 amide bonds. The van der Waals surface area contributed by atoms with E-state index in [0.717, 1.165) is 5.13 Å². The van der Waals surface area contributed by atoms with Gasteiger partial charge < -0.3 is 10.6 Å². The van der Waals surface area contributed by atoms with Gasteiger partial charge in [0.15, 0.2) is 5.13 Å². The van der Waals surface area contributed by atoms with Gasteiger partial charge in [-0.2, -0.15) is 0 Å². The van der Waals surface area contributed by atoms with Gasteiger partial charge in [-0.15, -0.1) is 0 Å². The summed E-state index contributed by atoms with van der Waals surface area (Å²) >= 11 is 7.09. The molecule has 1 aromatic rings. The largest absolute Gasteiger partial charge is 0.356 e. The molecule has 0 saturated carbocycles. The molecule has 1 aliphatic heterocycles. The molecule has 2 rings (SSSR count). The van der Waals surface area contributed by atoms with E-state index in [2.05, 4.69) is 15.6 Å². The summed E-state index contributed by atoms with van der Waals surface area (Å²) in [6.07, 6.45) is 2.11. The lowest BCUT2D eigenvalue weighted by molar-refractivity contribution is -0.119. The maximum Gasteiger partial charge on any atom is 0.222 e. The monoisotopic (exact) mass is 217 g/mol. The van der Waals surface area contributed by atoms with Crippen molar-refractivity contribution in [2.75, 3.05) is 11.9 Å². The number of carbonyl (C=O) groups is 1. The highest BCUT2D eigenvalue weighted by atomic mass is 35.5. The minimum atomic E-state index is 0.0835. The van der Waals surface area contributed by atoms with E-state index in [1.165, 1.54) is 11.3 Å². The highest BCUT2D eigenvalue weighted by Gasteiger charge is 2.21. The number of thiazole rings is 1. The van der Waals surface area contributed by atoms with E-state index < -0.39 is 0 Å². The zero-order chi connectivity index (χ0) is 9.26. The molecule has 1 fully saturated rings. The molecule has 1 saturated heterocycles. The van der Waals surface area contributed by atoms with E-state index in [9.17, 15) is 4.79 Å². The van der Waals surface area contributed by atoms with Gasteiger partial charge in [0.1, 0.15) is 4.34 Å². The molecule has 6 heteroatoms. The molecule has 0 aromatic carbocycles. The van der Waals surface area contributed by atoms with Gasteiger partial charge in [0.2, 0.25) is 5.91 Å². The predicted octanol–water partition coefficient (Wildman–Crippen LogP) is 1.10. The standard InChI is InChI=1S/C7H8ClN3OS/c8-5-3-10-7(13-5)11-4-1-6(12)9-2-4/h3-4H,1-2H2,(H,9,12)(H,10,11). The van der Waals surface area contributed by atoms with Crippen molar-refractivity contribution in [3.05, 3.63) is 10.5 Å². The third kappa shape index (κ3) is 2.10. The second-order valence-corrected chi connectivity index (χ2v) is 4.48. The summed E-state index contributed by atoms with van der Waals surface area (Å²) in [5, 5.41) is 6.64. The molecular weight excluding hydrogens is 210 g/mol. The number of nitrogens with zero attached hydrogens (tertiary/aromatic N) is 1. The lowest BCUT2D eigenvalue weighted by Crippen LogP contribution is -2.22. The van der Waals surface area contributed by atoms with E-state index in [4.69, 9.17) is 11.6 Å². The maximum absolute atomic E-state index is 10.9. The first kappa shape index (κ1) is 8.77. The Morgan fingerprint density at radius 1 is 1.77 bits per heavy atom. The Kier molecular flexibility index (Phi) is 2.37. The topological polar surface area (TPSA) is 54.0 Å². The van der Waals surface area contributed by atoms with Crippen LogP contribution >= 0.6 is 22.9 Å². The van der Waals surface area contributed by atoms with E-state index in [0.29, 0.717) is 17.3 Å². The van der Waals surface area contributed by atoms with Crippen LogP contribution in [0.5, 0.6) is 0 Å². The molecule has 2 N–H and O–H groups in total. The number of nitrogens with one attached hydrogen (secondary N) is 2. The second kappa shape index (κ2) is 3.51. The average molecular weight is 218 g/mol. The van der Waals surface area contributed by atoms with Crippen LogP contribution in [0.2, 0.25) is 4.34 Å². The summed E-state index contributed by atoms with van der Waals surface area (Å²) in [5.74, 6) is 0.0835. The quantitative estimate of drug-likeness (QED) is 0.780. The van der Waals surface area contributed by atoms with E-state index in [1.807, 2.05) is 0 Å². The van der Waals surface area contributed by atoms with Crippen LogP contribution in [0.15, 0.2) is 6.20 Å². The first-order valence-corrected chi connectivity index (χ1v) is 5.08. The first-order valence-electron chi connectivity index (χ1n) is 3.88. The molecule has 1 aromatic heterocycles. The fourth-order valence-corrected chi connectivity index (χ4v) is 2.09. The Morgan fingerprint density at radius 2 is 2.62 bits per heavy atom.